The van der Waals surface area contributed by atoms with Crippen LogP contribution in [0.1, 0.15) is 24.8 Å². The topological polar surface area (TPSA) is 49.3 Å². The van der Waals surface area contributed by atoms with Crippen LogP contribution in [0.4, 0.5) is 0 Å². The highest BCUT2D eigenvalue weighted by Gasteiger charge is 2.44. The zero-order valence-corrected chi connectivity index (χ0v) is 13.3. The van der Waals surface area contributed by atoms with Gasteiger partial charge in [0.25, 0.3) is 0 Å². The lowest BCUT2D eigenvalue weighted by Gasteiger charge is -2.22. The van der Waals surface area contributed by atoms with Crippen molar-refractivity contribution in [3.8, 4) is 0 Å². The summed E-state index contributed by atoms with van der Waals surface area (Å²) in [6.07, 6.45) is 2.77. The Balaban J connectivity index is 1.86. The molecule has 1 aliphatic carbocycles. The largest absolute Gasteiger partial charge is 0.387 e. The molecule has 3 unspecified atom stereocenters. The molecule has 0 saturated heterocycles. The minimum Gasteiger partial charge on any atom is -0.387 e. The van der Waals surface area contributed by atoms with E-state index >= 15 is 0 Å². The number of rotatable bonds is 6. The summed E-state index contributed by atoms with van der Waals surface area (Å²) in [6.45, 7) is 2.03. The fraction of sp³-hybridized carbons (Fsp3) is 0.533. The van der Waals surface area contributed by atoms with Gasteiger partial charge in [0.05, 0.1) is 5.60 Å². The Hall–Kier alpha value is -0.710. The molecule has 0 aromatic heterocycles. The number of carbonyl (C=O) groups is 1. The molecule has 2 rings (SSSR count). The van der Waals surface area contributed by atoms with E-state index in [0.717, 1.165) is 17.0 Å². The van der Waals surface area contributed by atoms with Crippen LogP contribution in [0.25, 0.3) is 0 Å². The number of benzene rings is 1. The molecule has 0 aliphatic heterocycles. The zero-order chi connectivity index (χ0) is 14.8. The molecular weight excluding hydrogens is 294 g/mol. The number of thioether (sulfide) groups is 1. The Labute approximate surface area is 129 Å². The predicted octanol–water partition coefficient (Wildman–Crippen LogP) is 2.67. The van der Waals surface area contributed by atoms with E-state index in [0.29, 0.717) is 12.3 Å². The normalized spacial score (nSPS) is 24.0. The number of nitrogens with one attached hydrogen (secondary N) is 1. The minimum atomic E-state index is -0.857. The molecule has 0 heterocycles. The zero-order valence-electron chi connectivity index (χ0n) is 11.7. The molecule has 5 heteroatoms. The van der Waals surface area contributed by atoms with Crippen LogP contribution in [0.2, 0.25) is 5.02 Å². The highest BCUT2D eigenvalue weighted by atomic mass is 35.5. The van der Waals surface area contributed by atoms with Crippen molar-refractivity contribution < 1.29 is 9.90 Å². The summed E-state index contributed by atoms with van der Waals surface area (Å²) < 4.78 is 0. The smallest absolute Gasteiger partial charge is 0.223 e. The number of aliphatic hydroxyl groups is 1. The molecule has 20 heavy (non-hydrogen) atoms. The van der Waals surface area contributed by atoms with Crippen LogP contribution in [0.5, 0.6) is 0 Å². The molecule has 0 radical (unpaired) electrons. The van der Waals surface area contributed by atoms with E-state index < -0.39 is 5.60 Å². The standard InChI is InChI=1S/C15H20ClNO2S/c1-15(19,9-20-2)8-17-14(18)12-7-11(12)10-5-3-4-6-13(10)16/h3-6,11-12,19H,7-9H2,1-2H3,(H,17,18). The molecule has 3 atom stereocenters. The monoisotopic (exact) mass is 313 g/mol. The SMILES string of the molecule is CSCC(C)(O)CNC(=O)C1CC1c1ccccc1Cl. The molecule has 1 aromatic carbocycles. The number of amides is 1. The lowest BCUT2D eigenvalue weighted by molar-refractivity contribution is -0.123. The van der Waals surface area contributed by atoms with Crippen LogP contribution in [-0.4, -0.2) is 35.2 Å². The van der Waals surface area contributed by atoms with Crippen molar-refractivity contribution in [2.75, 3.05) is 18.6 Å². The van der Waals surface area contributed by atoms with Crippen molar-refractivity contribution in [3.05, 3.63) is 34.9 Å². The Kier molecular flexibility index (Phi) is 4.99. The Morgan fingerprint density at radius 3 is 2.90 bits per heavy atom. The minimum absolute atomic E-state index is 0.0105. The van der Waals surface area contributed by atoms with Gasteiger partial charge in [-0.05, 0) is 37.1 Å². The van der Waals surface area contributed by atoms with Gasteiger partial charge in [-0.2, -0.15) is 11.8 Å². The van der Waals surface area contributed by atoms with Gasteiger partial charge in [-0.25, -0.2) is 0 Å². The molecule has 1 amide bonds. The third kappa shape index (κ3) is 3.90. The summed E-state index contributed by atoms with van der Waals surface area (Å²) in [5.41, 5.74) is 0.189. The molecule has 2 N–H and O–H groups in total. The van der Waals surface area contributed by atoms with Crippen LogP contribution in [0.15, 0.2) is 24.3 Å². The third-order valence-electron chi connectivity index (χ3n) is 3.53. The van der Waals surface area contributed by atoms with Gasteiger partial charge in [0.15, 0.2) is 0 Å². The fourth-order valence-electron chi connectivity index (χ4n) is 2.37. The van der Waals surface area contributed by atoms with Crippen LogP contribution < -0.4 is 5.32 Å². The maximum absolute atomic E-state index is 12.1. The van der Waals surface area contributed by atoms with Gasteiger partial charge in [-0.15, -0.1) is 0 Å². The van der Waals surface area contributed by atoms with Gasteiger partial charge in [0.1, 0.15) is 0 Å². The number of halogens is 1. The van der Waals surface area contributed by atoms with E-state index in [-0.39, 0.29) is 17.7 Å². The van der Waals surface area contributed by atoms with Gasteiger partial charge < -0.3 is 10.4 Å². The van der Waals surface area contributed by atoms with E-state index in [1.165, 1.54) is 0 Å². The molecular formula is C15H20ClNO2S. The third-order valence-corrected chi connectivity index (χ3v) is 4.79. The average molecular weight is 314 g/mol. The molecule has 1 saturated carbocycles. The molecule has 0 bridgehead atoms. The maximum Gasteiger partial charge on any atom is 0.223 e. The first-order valence-corrected chi connectivity index (χ1v) is 8.45. The van der Waals surface area contributed by atoms with Crippen molar-refractivity contribution in [1.29, 1.82) is 0 Å². The van der Waals surface area contributed by atoms with E-state index in [1.807, 2.05) is 30.5 Å². The van der Waals surface area contributed by atoms with Crippen LogP contribution in [0.3, 0.4) is 0 Å². The van der Waals surface area contributed by atoms with Gasteiger partial charge in [0.2, 0.25) is 5.91 Å². The lowest BCUT2D eigenvalue weighted by atomic mass is 10.1. The fourth-order valence-corrected chi connectivity index (χ4v) is 3.37. The Bertz CT molecular complexity index is 493. The van der Waals surface area contributed by atoms with Gasteiger partial charge in [0, 0.05) is 23.2 Å². The highest BCUT2D eigenvalue weighted by molar-refractivity contribution is 7.98. The molecule has 110 valence electrons. The maximum atomic E-state index is 12.1. The average Bonchev–Trinajstić information content (AvgIpc) is 3.17. The summed E-state index contributed by atoms with van der Waals surface area (Å²) in [5.74, 6) is 0.816. The number of hydrogen-bond acceptors (Lipinski definition) is 3. The number of hydrogen-bond donors (Lipinski definition) is 2. The van der Waals surface area contributed by atoms with Crippen LogP contribution in [-0.2, 0) is 4.79 Å². The van der Waals surface area contributed by atoms with Gasteiger partial charge >= 0.3 is 0 Å². The molecule has 1 fully saturated rings. The first-order chi connectivity index (χ1) is 9.44. The lowest BCUT2D eigenvalue weighted by Crippen LogP contribution is -2.43. The summed E-state index contributed by atoms with van der Waals surface area (Å²) in [5, 5.41) is 13.6. The van der Waals surface area contributed by atoms with Crippen LogP contribution >= 0.6 is 23.4 Å². The molecule has 0 spiro atoms. The summed E-state index contributed by atoms with van der Waals surface area (Å²) in [7, 11) is 0. The highest BCUT2D eigenvalue weighted by Crippen LogP contribution is 2.49. The first-order valence-electron chi connectivity index (χ1n) is 6.68. The predicted molar refractivity (Wildman–Crippen MR) is 84.3 cm³/mol. The quantitative estimate of drug-likeness (QED) is 0.849. The van der Waals surface area contributed by atoms with Gasteiger partial charge in [-0.3, -0.25) is 4.79 Å². The molecule has 3 nitrogen and oxygen atoms in total. The second-order valence-corrected chi connectivity index (χ2v) is 6.89. The molecule has 1 aromatic rings. The van der Waals surface area contributed by atoms with E-state index in [1.54, 1.807) is 18.7 Å². The number of carbonyl (C=O) groups excluding carboxylic acids is 1. The van der Waals surface area contributed by atoms with E-state index in [4.69, 9.17) is 11.6 Å². The van der Waals surface area contributed by atoms with Gasteiger partial charge in [-0.1, -0.05) is 29.8 Å². The van der Waals surface area contributed by atoms with Crippen molar-refractivity contribution >= 4 is 29.3 Å². The second kappa shape index (κ2) is 6.37. The van der Waals surface area contributed by atoms with E-state index in [9.17, 15) is 9.90 Å². The summed E-state index contributed by atoms with van der Waals surface area (Å²) >= 11 is 7.71. The van der Waals surface area contributed by atoms with Crippen LogP contribution in [0, 0.1) is 5.92 Å². The molecule has 1 aliphatic rings. The van der Waals surface area contributed by atoms with E-state index in [2.05, 4.69) is 5.32 Å². The van der Waals surface area contributed by atoms with Crippen molar-refractivity contribution in [3.63, 3.8) is 0 Å². The Morgan fingerprint density at radius 1 is 1.55 bits per heavy atom. The van der Waals surface area contributed by atoms with Crippen molar-refractivity contribution in [2.24, 2.45) is 5.92 Å². The Morgan fingerprint density at radius 2 is 2.25 bits per heavy atom. The van der Waals surface area contributed by atoms with Crippen molar-refractivity contribution in [2.45, 2.75) is 24.9 Å². The summed E-state index contributed by atoms with van der Waals surface area (Å²) in [6, 6.07) is 7.66. The van der Waals surface area contributed by atoms with Crippen molar-refractivity contribution in [1.82, 2.24) is 5.32 Å². The second-order valence-electron chi connectivity index (χ2n) is 5.62. The summed E-state index contributed by atoms with van der Waals surface area (Å²) in [4.78, 5) is 12.1. The first kappa shape index (κ1) is 15.7.